The highest BCUT2D eigenvalue weighted by Gasteiger charge is 2.12. The van der Waals surface area contributed by atoms with Gasteiger partial charge in [-0.15, -0.1) is 0 Å². The van der Waals surface area contributed by atoms with Gasteiger partial charge in [-0.1, -0.05) is 0 Å². The van der Waals surface area contributed by atoms with Crippen LogP contribution in [0.1, 0.15) is 10.5 Å². The molecule has 0 aliphatic carbocycles. The summed E-state index contributed by atoms with van der Waals surface area (Å²) in [5.74, 6) is -0.331. The fourth-order valence-electron chi connectivity index (χ4n) is 1.10. The molecule has 1 aromatic heterocycles. The van der Waals surface area contributed by atoms with E-state index in [1.807, 2.05) is 0 Å². The Morgan fingerprint density at radius 2 is 2.50 bits per heavy atom. The zero-order valence-electron chi connectivity index (χ0n) is 8.81. The summed E-state index contributed by atoms with van der Waals surface area (Å²) in [6.45, 7) is 0.319. The molecule has 1 unspecified atom stereocenters. The number of rotatable bonds is 5. The lowest BCUT2D eigenvalue weighted by Gasteiger charge is -2.10. The average Bonchev–Trinajstić information content (AvgIpc) is 2.27. The summed E-state index contributed by atoms with van der Waals surface area (Å²) in [5, 5.41) is 11.9. The van der Waals surface area contributed by atoms with E-state index in [0.29, 0.717) is 10.2 Å². The minimum absolute atomic E-state index is 0.135. The van der Waals surface area contributed by atoms with Crippen molar-refractivity contribution >= 4 is 21.8 Å². The predicted octanol–water partition coefficient (Wildman–Crippen LogP) is 0.581. The lowest BCUT2D eigenvalue weighted by molar-refractivity contribution is 0.0608. The van der Waals surface area contributed by atoms with Crippen molar-refractivity contribution in [3.8, 4) is 0 Å². The van der Waals surface area contributed by atoms with Gasteiger partial charge >= 0.3 is 0 Å². The number of hydrogen-bond acceptors (Lipinski definition) is 4. The van der Waals surface area contributed by atoms with Crippen LogP contribution in [0.25, 0.3) is 0 Å². The van der Waals surface area contributed by atoms with E-state index in [4.69, 9.17) is 4.74 Å². The number of methoxy groups -OCH3 is 1. The summed E-state index contributed by atoms with van der Waals surface area (Å²) in [4.78, 5) is 15.5. The molecule has 1 aromatic rings. The lowest BCUT2D eigenvalue weighted by Crippen LogP contribution is -2.34. The molecule has 5 nitrogen and oxygen atoms in total. The highest BCUT2D eigenvalue weighted by atomic mass is 79.9. The van der Waals surface area contributed by atoms with Crippen LogP contribution in [-0.4, -0.2) is 42.4 Å². The molecule has 1 heterocycles. The molecule has 1 amide bonds. The third-order valence-corrected chi connectivity index (χ3v) is 2.47. The van der Waals surface area contributed by atoms with Gasteiger partial charge in [-0.3, -0.25) is 4.79 Å². The Morgan fingerprint density at radius 3 is 3.12 bits per heavy atom. The Morgan fingerprint density at radius 1 is 1.75 bits per heavy atom. The molecule has 0 radical (unpaired) electrons. The first-order valence-electron chi connectivity index (χ1n) is 4.71. The van der Waals surface area contributed by atoms with Crippen LogP contribution in [0.3, 0.4) is 0 Å². The second kappa shape index (κ2) is 6.57. The molecule has 1 rings (SSSR count). The number of pyridine rings is 1. The zero-order valence-corrected chi connectivity index (χ0v) is 10.4. The van der Waals surface area contributed by atoms with E-state index in [9.17, 15) is 9.90 Å². The van der Waals surface area contributed by atoms with Crippen molar-refractivity contribution in [2.75, 3.05) is 20.3 Å². The van der Waals surface area contributed by atoms with Crippen LogP contribution in [-0.2, 0) is 4.74 Å². The van der Waals surface area contributed by atoms with Crippen molar-refractivity contribution in [2.24, 2.45) is 0 Å². The first-order valence-corrected chi connectivity index (χ1v) is 5.50. The van der Waals surface area contributed by atoms with Crippen LogP contribution in [0.4, 0.5) is 0 Å². The monoisotopic (exact) mass is 288 g/mol. The number of nitrogens with zero attached hydrogens (tertiary/aromatic N) is 1. The Bertz CT molecular complexity index is 360. The molecule has 0 bridgehead atoms. The highest BCUT2D eigenvalue weighted by Crippen LogP contribution is 2.12. The smallest absolute Gasteiger partial charge is 0.271 e. The lowest BCUT2D eigenvalue weighted by atomic mass is 10.3. The molecular weight excluding hydrogens is 276 g/mol. The third-order valence-electron chi connectivity index (χ3n) is 1.83. The van der Waals surface area contributed by atoms with E-state index in [-0.39, 0.29) is 19.1 Å². The van der Waals surface area contributed by atoms with Crippen LogP contribution >= 0.6 is 15.9 Å². The SMILES string of the molecule is COCC(O)CNC(=O)c1ncccc1Br. The molecule has 0 aromatic carbocycles. The van der Waals surface area contributed by atoms with Crippen LogP contribution in [0.15, 0.2) is 22.8 Å². The highest BCUT2D eigenvalue weighted by molar-refractivity contribution is 9.10. The van der Waals surface area contributed by atoms with E-state index in [1.165, 1.54) is 13.3 Å². The molecule has 16 heavy (non-hydrogen) atoms. The number of halogens is 1. The maximum atomic E-state index is 11.6. The van der Waals surface area contributed by atoms with Gasteiger partial charge in [0.25, 0.3) is 5.91 Å². The second-order valence-corrected chi connectivity index (χ2v) is 4.01. The number of carbonyl (C=O) groups is 1. The molecule has 2 N–H and O–H groups in total. The van der Waals surface area contributed by atoms with Crippen molar-refractivity contribution < 1.29 is 14.6 Å². The molecule has 0 saturated heterocycles. The van der Waals surface area contributed by atoms with Gasteiger partial charge in [0, 0.05) is 24.3 Å². The third kappa shape index (κ3) is 3.88. The standard InChI is InChI=1S/C10H13BrN2O3/c1-16-6-7(14)5-13-10(15)9-8(11)3-2-4-12-9/h2-4,7,14H,5-6H2,1H3,(H,13,15). The normalized spacial score (nSPS) is 12.2. The molecule has 88 valence electrons. The number of amides is 1. The Balaban J connectivity index is 2.50. The van der Waals surface area contributed by atoms with E-state index >= 15 is 0 Å². The minimum atomic E-state index is -0.712. The zero-order chi connectivity index (χ0) is 12.0. The quantitative estimate of drug-likeness (QED) is 0.832. The molecule has 1 atom stereocenters. The molecular formula is C10H13BrN2O3. The molecule has 0 fully saturated rings. The van der Waals surface area contributed by atoms with E-state index in [2.05, 4.69) is 26.2 Å². The van der Waals surface area contributed by atoms with Gasteiger partial charge in [-0.2, -0.15) is 0 Å². The number of aliphatic hydroxyl groups excluding tert-OH is 1. The molecule has 0 aliphatic rings. The van der Waals surface area contributed by atoms with Crippen LogP contribution < -0.4 is 5.32 Å². The number of aromatic nitrogens is 1. The number of nitrogens with one attached hydrogen (secondary N) is 1. The predicted molar refractivity (Wildman–Crippen MR) is 62.2 cm³/mol. The van der Waals surface area contributed by atoms with E-state index in [1.54, 1.807) is 12.1 Å². The summed E-state index contributed by atoms with van der Waals surface area (Å²) < 4.78 is 5.36. The Kier molecular flexibility index (Phi) is 5.37. The summed E-state index contributed by atoms with van der Waals surface area (Å²) in [5.41, 5.74) is 0.298. The molecule has 0 spiro atoms. The Labute approximate surface area is 102 Å². The first kappa shape index (κ1) is 13.1. The maximum Gasteiger partial charge on any atom is 0.271 e. The van der Waals surface area contributed by atoms with Gasteiger partial charge in [0.2, 0.25) is 0 Å². The number of carbonyl (C=O) groups excluding carboxylic acids is 1. The maximum absolute atomic E-state index is 11.6. The van der Waals surface area contributed by atoms with Crippen molar-refractivity contribution in [2.45, 2.75) is 6.10 Å². The molecule has 0 saturated carbocycles. The topological polar surface area (TPSA) is 71.5 Å². The summed E-state index contributed by atoms with van der Waals surface area (Å²) in [7, 11) is 1.49. The minimum Gasteiger partial charge on any atom is -0.389 e. The average molecular weight is 289 g/mol. The summed E-state index contributed by atoms with van der Waals surface area (Å²) in [6.07, 6.45) is 0.821. The molecule has 0 aliphatic heterocycles. The fraction of sp³-hybridized carbons (Fsp3) is 0.400. The van der Waals surface area contributed by atoms with Crippen LogP contribution in [0, 0.1) is 0 Å². The second-order valence-electron chi connectivity index (χ2n) is 3.15. The van der Waals surface area contributed by atoms with Gasteiger partial charge in [0.05, 0.1) is 12.7 Å². The van der Waals surface area contributed by atoms with Gasteiger partial charge in [0.1, 0.15) is 5.69 Å². The van der Waals surface area contributed by atoms with Crippen molar-refractivity contribution in [1.29, 1.82) is 0 Å². The first-order chi connectivity index (χ1) is 7.65. The van der Waals surface area contributed by atoms with Crippen molar-refractivity contribution in [3.05, 3.63) is 28.5 Å². The van der Waals surface area contributed by atoms with E-state index < -0.39 is 6.10 Å². The summed E-state index contributed by atoms with van der Waals surface area (Å²) in [6, 6.07) is 3.45. The molecule has 6 heteroatoms. The Hall–Kier alpha value is -0.980. The van der Waals surface area contributed by atoms with Crippen molar-refractivity contribution in [1.82, 2.24) is 10.3 Å². The van der Waals surface area contributed by atoms with Crippen LogP contribution in [0.2, 0.25) is 0 Å². The number of aliphatic hydroxyl groups is 1. The van der Waals surface area contributed by atoms with Crippen LogP contribution in [0.5, 0.6) is 0 Å². The van der Waals surface area contributed by atoms with Crippen molar-refractivity contribution in [3.63, 3.8) is 0 Å². The summed E-state index contributed by atoms with van der Waals surface area (Å²) >= 11 is 3.22. The largest absolute Gasteiger partial charge is 0.389 e. The van der Waals surface area contributed by atoms with Gasteiger partial charge in [-0.25, -0.2) is 4.98 Å². The van der Waals surface area contributed by atoms with Gasteiger partial charge in [0.15, 0.2) is 0 Å². The number of hydrogen-bond donors (Lipinski definition) is 2. The van der Waals surface area contributed by atoms with E-state index in [0.717, 1.165) is 0 Å². The fourth-order valence-corrected chi connectivity index (χ4v) is 1.53. The number of ether oxygens (including phenoxy) is 1. The van der Waals surface area contributed by atoms with Gasteiger partial charge in [-0.05, 0) is 28.1 Å². The van der Waals surface area contributed by atoms with Gasteiger partial charge < -0.3 is 15.2 Å².